The van der Waals surface area contributed by atoms with E-state index in [0.29, 0.717) is 25.7 Å². The lowest BCUT2D eigenvalue weighted by molar-refractivity contribution is -0.159. The van der Waals surface area contributed by atoms with Crippen LogP contribution in [0.15, 0.2) is 24.3 Å². The molecule has 0 saturated heterocycles. The van der Waals surface area contributed by atoms with Crippen LogP contribution in [0.3, 0.4) is 0 Å². The summed E-state index contributed by atoms with van der Waals surface area (Å²) in [5.74, 6) is -2.78. The first-order chi connectivity index (χ1) is 10.3. The highest BCUT2D eigenvalue weighted by atomic mass is 16.6. The first kappa shape index (κ1) is 19.8. The van der Waals surface area contributed by atoms with Crippen molar-refractivity contribution in [3.05, 3.63) is 24.3 Å². The third-order valence-electron chi connectivity index (χ3n) is 2.86. The van der Waals surface area contributed by atoms with E-state index < -0.39 is 23.9 Å². The molecule has 0 unspecified atom stereocenters. The molecule has 0 saturated carbocycles. The average Bonchev–Trinajstić information content (AvgIpc) is 2.49. The fraction of sp³-hybridized carbons (Fsp3) is 0.500. The van der Waals surface area contributed by atoms with E-state index in [0.717, 1.165) is 0 Å². The van der Waals surface area contributed by atoms with Gasteiger partial charge in [-0.1, -0.05) is 27.0 Å². The topological polar surface area (TPSA) is 86.7 Å². The summed E-state index contributed by atoms with van der Waals surface area (Å²) in [7, 11) is 0. The Balaban J connectivity index is 3.89. The zero-order valence-electron chi connectivity index (χ0n) is 13.1. The predicted octanol–water partition coefficient (Wildman–Crippen LogP) is 2.62. The van der Waals surface area contributed by atoms with Crippen molar-refractivity contribution in [3.8, 4) is 0 Å². The van der Waals surface area contributed by atoms with E-state index in [9.17, 15) is 19.2 Å². The second kappa shape index (κ2) is 10.5. The number of carbonyl (C=O) groups is 4. The lowest BCUT2D eigenvalue weighted by Crippen LogP contribution is -2.14. The SMILES string of the molecule is C=C(CC)C(=O)OC(=O)CCCCC(=O)OC(=O)C(=C)CC. The van der Waals surface area contributed by atoms with Gasteiger partial charge in [-0.05, 0) is 25.7 Å². The monoisotopic (exact) mass is 310 g/mol. The molecule has 0 aliphatic carbocycles. The Hall–Kier alpha value is -2.24. The molecule has 0 aromatic heterocycles. The normalized spacial score (nSPS) is 9.73. The number of rotatable bonds is 9. The van der Waals surface area contributed by atoms with Gasteiger partial charge >= 0.3 is 23.9 Å². The molecule has 0 aliphatic heterocycles. The summed E-state index contributed by atoms with van der Waals surface area (Å²) < 4.78 is 9.12. The third kappa shape index (κ3) is 8.14. The molecule has 0 radical (unpaired) electrons. The summed E-state index contributed by atoms with van der Waals surface area (Å²) in [6, 6.07) is 0. The summed E-state index contributed by atoms with van der Waals surface area (Å²) in [4.78, 5) is 45.3. The van der Waals surface area contributed by atoms with Gasteiger partial charge in [0.05, 0.1) is 0 Å². The lowest BCUT2D eigenvalue weighted by Gasteiger charge is -2.05. The van der Waals surface area contributed by atoms with Crippen LogP contribution in [0.5, 0.6) is 0 Å². The zero-order valence-corrected chi connectivity index (χ0v) is 13.1. The van der Waals surface area contributed by atoms with Crippen molar-refractivity contribution in [2.75, 3.05) is 0 Å². The molecule has 0 atom stereocenters. The van der Waals surface area contributed by atoms with Crippen LogP contribution in [-0.4, -0.2) is 23.9 Å². The maximum absolute atomic E-state index is 11.4. The van der Waals surface area contributed by atoms with Crippen LogP contribution in [-0.2, 0) is 28.7 Å². The van der Waals surface area contributed by atoms with Crippen LogP contribution >= 0.6 is 0 Å². The third-order valence-corrected chi connectivity index (χ3v) is 2.86. The van der Waals surface area contributed by atoms with Crippen molar-refractivity contribution >= 4 is 23.9 Å². The number of carbonyl (C=O) groups excluding carboxylic acids is 4. The highest BCUT2D eigenvalue weighted by Crippen LogP contribution is 2.07. The van der Waals surface area contributed by atoms with Crippen LogP contribution in [0.2, 0.25) is 0 Å². The molecule has 0 aromatic rings. The van der Waals surface area contributed by atoms with E-state index in [4.69, 9.17) is 0 Å². The Morgan fingerprint density at radius 1 is 0.727 bits per heavy atom. The molecular formula is C16H22O6. The standard InChI is InChI=1S/C16H22O6/c1-5-11(3)15(19)21-13(17)9-7-8-10-14(18)22-16(20)12(4)6-2/h3-10H2,1-2H3. The molecule has 22 heavy (non-hydrogen) atoms. The molecule has 0 N–H and O–H groups in total. The maximum atomic E-state index is 11.4. The summed E-state index contributed by atoms with van der Waals surface area (Å²) in [5, 5.41) is 0. The summed E-state index contributed by atoms with van der Waals surface area (Å²) in [6.07, 6.45) is 1.53. The van der Waals surface area contributed by atoms with E-state index in [1.807, 2.05) is 0 Å². The van der Waals surface area contributed by atoms with Crippen LogP contribution in [0.4, 0.5) is 0 Å². The van der Waals surface area contributed by atoms with Gasteiger partial charge in [-0.2, -0.15) is 0 Å². The van der Waals surface area contributed by atoms with Gasteiger partial charge in [-0.15, -0.1) is 0 Å². The van der Waals surface area contributed by atoms with Crippen LogP contribution in [0.1, 0.15) is 52.4 Å². The van der Waals surface area contributed by atoms with Gasteiger partial charge in [0.2, 0.25) is 0 Å². The van der Waals surface area contributed by atoms with Crippen molar-refractivity contribution in [1.29, 1.82) is 0 Å². The molecule has 0 aromatic carbocycles. The first-order valence-corrected chi connectivity index (χ1v) is 7.17. The van der Waals surface area contributed by atoms with Crippen LogP contribution in [0.25, 0.3) is 0 Å². The van der Waals surface area contributed by atoms with Gasteiger partial charge in [-0.3, -0.25) is 9.59 Å². The van der Waals surface area contributed by atoms with Crippen LogP contribution < -0.4 is 0 Å². The Bertz CT molecular complexity index is 431. The Labute approximate surface area is 130 Å². The Morgan fingerprint density at radius 2 is 1.05 bits per heavy atom. The quantitative estimate of drug-likeness (QED) is 0.281. The van der Waals surface area contributed by atoms with Gasteiger partial charge in [0, 0.05) is 24.0 Å². The number of ether oxygens (including phenoxy) is 2. The highest BCUT2D eigenvalue weighted by Gasteiger charge is 2.14. The molecule has 0 heterocycles. The number of esters is 4. The first-order valence-electron chi connectivity index (χ1n) is 7.17. The second-order valence-corrected chi connectivity index (χ2v) is 4.64. The molecule has 0 rings (SSSR count). The summed E-state index contributed by atoms with van der Waals surface area (Å²) in [6.45, 7) is 10.4. The van der Waals surface area contributed by atoms with E-state index in [2.05, 4.69) is 22.6 Å². The fourth-order valence-electron chi connectivity index (χ4n) is 1.28. The molecule has 0 aliphatic rings. The largest absolute Gasteiger partial charge is 0.390 e. The molecule has 0 amide bonds. The molecule has 0 bridgehead atoms. The minimum Gasteiger partial charge on any atom is -0.390 e. The molecule has 0 fully saturated rings. The van der Waals surface area contributed by atoms with E-state index in [-0.39, 0.29) is 24.0 Å². The highest BCUT2D eigenvalue weighted by molar-refractivity contribution is 5.96. The van der Waals surface area contributed by atoms with Gasteiger partial charge in [0.15, 0.2) is 0 Å². The number of hydrogen-bond donors (Lipinski definition) is 0. The Morgan fingerprint density at radius 3 is 1.32 bits per heavy atom. The lowest BCUT2D eigenvalue weighted by atomic mass is 10.2. The van der Waals surface area contributed by atoms with E-state index in [1.165, 1.54) is 0 Å². The molecule has 0 spiro atoms. The molecule has 6 heteroatoms. The van der Waals surface area contributed by atoms with Crippen LogP contribution in [0, 0.1) is 0 Å². The van der Waals surface area contributed by atoms with E-state index in [1.54, 1.807) is 13.8 Å². The van der Waals surface area contributed by atoms with Crippen molar-refractivity contribution in [1.82, 2.24) is 0 Å². The summed E-state index contributed by atoms with van der Waals surface area (Å²) in [5.41, 5.74) is 0.457. The minimum atomic E-state index is -0.726. The zero-order chi connectivity index (χ0) is 17.1. The van der Waals surface area contributed by atoms with Crippen molar-refractivity contribution < 1.29 is 28.7 Å². The molecule has 122 valence electrons. The van der Waals surface area contributed by atoms with Gasteiger partial charge < -0.3 is 9.47 Å². The second-order valence-electron chi connectivity index (χ2n) is 4.64. The number of hydrogen-bond acceptors (Lipinski definition) is 6. The predicted molar refractivity (Wildman–Crippen MR) is 79.5 cm³/mol. The smallest absolute Gasteiger partial charge is 0.341 e. The van der Waals surface area contributed by atoms with Gasteiger partial charge in [0.1, 0.15) is 0 Å². The fourth-order valence-corrected chi connectivity index (χ4v) is 1.28. The van der Waals surface area contributed by atoms with Gasteiger partial charge in [-0.25, -0.2) is 9.59 Å². The summed E-state index contributed by atoms with van der Waals surface area (Å²) >= 11 is 0. The van der Waals surface area contributed by atoms with Gasteiger partial charge in [0.25, 0.3) is 0 Å². The van der Waals surface area contributed by atoms with Crippen molar-refractivity contribution in [2.24, 2.45) is 0 Å². The minimum absolute atomic E-state index is 0.00558. The van der Waals surface area contributed by atoms with Crippen molar-refractivity contribution in [3.63, 3.8) is 0 Å². The number of unbranched alkanes of at least 4 members (excludes halogenated alkanes) is 1. The average molecular weight is 310 g/mol. The molecular weight excluding hydrogens is 288 g/mol. The maximum Gasteiger partial charge on any atom is 0.341 e. The molecule has 6 nitrogen and oxygen atoms in total. The Kier molecular flexibility index (Phi) is 9.41. The van der Waals surface area contributed by atoms with Crippen molar-refractivity contribution in [2.45, 2.75) is 52.4 Å². The van der Waals surface area contributed by atoms with E-state index >= 15 is 0 Å².